The highest BCUT2D eigenvalue weighted by atomic mass is 16.5. The third kappa shape index (κ3) is 8.18. The maximum Gasteiger partial charge on any atom is 0.307 e. The standard InChI is InChI=1S/C24H34N4O6/c1-3-4-5-17(10-11-29)26-23-18(19(7-9-21(30)31)27-24(25)28-23)14-16-12-15(13-22(32)33)6-8-20(16)34-2/h6,8,12,17,29H,3-5,7,9-11,13-14H2,1-2H3,(H,30,31)(H,32,33)(H3,25,26,27,28). The van der Waals surface area contributed by atoms with E-state index in [0.29, 0.717) is 34.8 Å². The van der Waals surface area contributed by atoms with E-state index < -0.39 is 11.9 Å². The molecular formula is C24H34N4O6. The van der Waals surface area contributed by atoms with Gasteiger partial charge in [-0.1, -0.05) is 31.9 Å². The molecule has 0 saturated heterocycles. The first-order valence-electron chi connectivity index (χ1n) is 11.4. The van der Waals surface area contributed by atoms with Gasteiger partial charge in [-0.2, -0.15) is 4.98 Å². The molecule has 0 bridgehead atoms. The van der Waals surface area contributed by atoms with Gasteiger partial charge in [0.2, 0.25) is 5.95 Å². The molecule has 2 aromatic rings. The number of nitrogens with one attached hydrogen (secondary N) is 1. The molecule has 1 heterocycles. The molecule has 0 fully saturated rings. The van der Waals surface area contributed by atoms with Crippen LogP contribution < -0.4 is 15.8 Å². The second-order valence-corrected chi connectivity index (χ2v) is 8.14. The number of aliphatic carboxylic acids is 2. The molecule has 10 heteroatoms. The molecule has 1 atom stereocenters. The average Bonchev–Trinajstić information content (AvgIpc) is 2.77. The molecule has 1 aromatic heterocycles. The Hall–Kier alpha value is -3.40. The van der Waals surface area contributed by atoms with E-state index in [9.17, 15) is 24.9 Å². The number of ether oxygens (including phenoxy) is 1. The van der Waals surface area contributed by atoms with Crippen molar-refractivity contribution in [2.45, 2.75) is 64.3 Å². The number of nitrogens with two attached hydrogens (primary N) is 1. The number of anilines is 2. The Labute approximate surface area is 199 Å². The van der Waals surface area contributed by atoms with E-state index in [2.05, 4.69) is 22.2 Å². The number of unbranched alkanes of at least 4 members (excludes halogenated alkanes) is 1. The molecule has 0 aliphatic heterocycles. The topological polar surface area (TPSA) is 168 Å². The lowest BCUT2D eigenvalue weighted by Crippen LogP contribution is -2.24. The van der Waals surface area contributed by atoms with Crippen molar-refractivity contribution in [1.82, 2.24) is 9.97 Å². The van der Waals surface area contributed by atoms with E-state index in [-0.39, 0.29) is 44.3 Å². The highest BCUT2D eigenvalue weighted by molar-refractivity contribution is 5.70. The molecule has 0 saturated carbocycles. The fraction of sp³-hybridized carbons (Fsp3) is 0.500. The van der Waals surface area contributed by atoms with Crippen molar-refractivity contribution in [2.24, 2.45) is 0 Å². The van der Waals surface area contributed by atoms with Crippen molar-refractivity contribution < 1.29 is 29.6 Å². The number of aryl methyl sites for hydroxylation is 1. The van der Waals surface area contributed by atoms with Crippen LogP contribution in [0.1, 0.15) is 61.4 Å². The van der Waals surface area contributed by atoms with E-state index in [1.165, 1.54) is 7.11 Å². The zero-order valence-electron chi connectivity index (χ0n) is 19.7. The summed E-state index contributed by atoms with van der Waals surface area (Å²) in [5.41, 5.74) is 8.47. The quantitative estimate of drug-likeness (QED) is 0.259. The Balaban J connectivity index is 2.54. The smallest absolute Gasteiger partial charge is 0.307 e. The first kappa shape index (κ1) is 26.8. The van der Waals surface area contributed by atoms with E-state index in [1.807, 2.05) is 0 Å². The molecule has 10 nitrogen and oxygen atoms in total. The van der Waals surface area contributed by atoms with E-state index in [4.69, 9.17) is 10.5 Å². The van der Waals surface area contributed by atoms with Crippen LogP contribution in [-0.2, 0) is 28.9 Å². The fourth-order valence-electron chi connectivity index (χ4n) is 3.82. The molecule has 186 valence electrons. The number of nitrogens with zero attached hydrogens (tertiary/aromatic N) is 2. The summed E-state index contributed by atoms with van der Waals surface area (Å²) in [6.07, 6.45) is 3.48. The summed E-state index contributed by atoms with van der Waals surface area (Å²) in [6.45, 7) is 2.10. The van der Waals surface area contributed by atoms with Crippen LogP contribution in [-0.4, -0.2) is 57.0 Å². The lowest BCUT2D eigenvalue weighted by Gasteiger charge is -2.22. The van der Waals surface area contributed by atoms with Crippen molar-refractivity contribution in [2.75, 3.05) is 24.8 Å². The van der Waals surface area contributed by atoms with Crippen molar-refractivity contribution in [3.05, 3.63) is 40.6 Å². The van der Waals surface area contributed by atoms with Gasteiger partial charge in [0.1, 0.15) is 11.6 Å². The number of rotatable bonds is 15. The van der Waals surface area contributed by atoms with E-state index >= 15 is 0 Å². The number of benzene rings is 1. The van der Waals surface area contributed by atoms with E-state index in [0.717, 1.165) is 24.8 Å². The maximum absolute atomic E-state index is 11.2. The zero-order valence-corrected chi connectivity index (χ0v) is 19.7. The molecular weight excluding hydrogens is 440 g/mol. The first-order valence-corrected chi connectivity index (χ1v) is 11.4. The van der Waals surface area contributed by atoms with Gasteiger partial charge in [-0.05, 0) is 30.0 Å². The van der Waals surface area contributed by atoms with Crippen LogP contribution in [0, 0.1) is 0 Å². The Bertz CT molecular complexity index is 982. The van der Waals surface area contributed by atoms with Crippen LogP contribution in [0.4, 0.5) is 11.8 Å². The number of hydrogen-bond donors (Lipinski definition) is 5. The SMILES string of the molecule is CCCCC(CCO)Nc1nc(N)nc(CCC(=O)O)c1Cc1cc(CC(=O)O)ccc1OC. The third-order valence-corrected chi connectivity index (χ3v) is 5.48. The molecule has 1 aromatic carbocycles. The molecule has 6 N–H and O–H groups in total. The van der Waals surface area contributed by atoms with Gasteiger partial charge in [0, 0.05) is 31.1 Å². The molecule has 0 aliphatic rings. The van der Waals surface area contributed by atoms with Gasteiger partial charge in [0.15, 0.2) is 0 Å². The minimum absolute atomic E-state index is 0.00814. The van der Waals surface area contributed by atoms with Crippen LogP contribution in [0.25, 0.3) is 0 Å². The molecule has 2 rings (SSSR count). The molecule has 34 heavy (non-hydrogen) atoms. The monoisotopic (exact) mass is 474 g/mol. The predicted molar refractivity (Wildman–Crippen MR) is 128 cm³/mol. The van der Waals surface area contributed by atoms with Crippen LogP contribution in [0.2, 0.25) is 0 Å². The van der Waals surface area contributed by atoms with Crippen LogP contribution in [0.3, 0.4) is 0 Å². The molecule has 1 unspecified atom stereocenters. The first-order chi connectivity index (χ1) is 16.3. The Kier molecular flexibility index (Phi) is 10.5. The highest BCUT2D eigenvalue weighted by Gasteiger charge is 2.20. The maximum atomic E-state index is 11.2. The zero-order chi connectivity index (χ0) is 25.1. The van der Waals surface area contributed by atoms with Crippen LogP contribution in [0.5, 0.6) is 5.75 Å². The average molecular weight is 475 g/mol. The van der Waals surface area contributed by atoms with Gasteiger partial charge in [0.05, 0.1) is 25.6 Å². The van der Waals surface area contributed by atoms with Gasteiger partial charge in [-0.3, -0.25) is 9.59 Å². The van der Waals surface area contributed by atoms with Crippen LogP contribution >= 0.6 is 0 Å². The van der Waals surface area contributed by atoms with E-state index in [1.54, 1.807) is 18.2 Å². The number of carbonyl (C=O) groups is 2. The second-order valence-electron chi connectivity index (χ2n) is 8.14. The summed E-state index contributed by atoms with van der Waals surface area (Å²) >= 11 is 0. The van der Waals surface area contributed by atoms with Crippen molar-refractivity contribution in [3.8, 4) is 5.75 Å². The Morgan fingerprint density at radius 3 is 2.56 bits per heavy atom. The minimum atomic E-state index is -0.959. The largest absolute Gasteiger partial charge is 0.496 e. The molecule has 0 aliphatic carbocycles. The lowest BCUT2D eigenvalue weighted by atomic mass is 9.97. The van der Waals surface area contributed by atoms with Gasteiger partial charge in [-0.15, -0.1) is 0 Å². The van der Waals surface area contributed by atoms with Gasteiger partial charge < -0.3 is 31.1 Å². The van der Waals surface area contributed by atoms with Crippen molar-refractivity contribution >= 4 is 23.7 Å². The molecule has 0 radical (unpaired) electrons. The number of aliphatic hydroxyl groups excluding tert-OH is 1. The Morgan fingerprint density at radius 2 is 1.94 bits per heavy atom. The van der Waals surface area contributed by atoms with Gasteiger partial charge in [-0.25, -0.2) is 4.98 Å². The second kappa shape index (κ2) is 13.3. The van der Waals surface area contributed by atoms with Crippen LogP contribution in [0.15, 0.2) is 18.2 Å². The number of hydrogen-bond acceptors (Lipinski definition) is 8. The minimum Gasteiger partial charge on any atom is -0.496 e. The summed E-state index contributed by atoms with van der Waals surface area (Å²) in [7, 11) is 1.53. The fourth-order valence-corrected chi connectivity index (χ4v) is 3.82. The number of aliphatic hydroxyl groups is 1. The van der Waals surface area contributed by atoms with Gasteiger partial charge >= 0.3 is 11.9 Å². The van der Waals surface area contributed by atoms with Crippen molar-refractivity contribution in [3.63, 3.8) is 0 Å². The molecule has 0 amide bonds. The third-order valence-electron chi connectivity index (χ3n) is 5.48. The normalized spacial score (nSPS) is 11.7. The number of carboxylic acids is 2. The van der Waals surface area contributed by atoms with Crippen molar-refractivity contribution in [1.29, 1.82) is 0 Å². The van der Waals surface area contributed by atoms with Gasteiger partial charge in [0.25, 0.3) is 0 Å². The number of aromatic nitrogens is 2. The summed E-state index contributed by atoms with van der Waals surface area (Å²) < 4.78 is 5.49. The lowest BCUT2D eigenvalue weighted by molar-refractivity contribution is -0.137. The number of nitrogen functional groups attached to an aromatic ring is 1. The Morgan fingerprint density at radius 1 is 1.18 bits per heavy atom. The highest BCUT2D eigenvalue weighted by Crippen LogP contribution is 2.29. The number of methoxy groups -OCH3 is 1. The summed E-state index contributed by atoms with van der Waals surface area (Å²) in [4.78, 5) is 31.2. The summed E-state index contributed by atoms with van der Waals surface area (Å²) in [6, 6.07) is 5.12. The predicted octanol–water partition coefficient (Wildman–Crippen LogP) is 2.66. The summed E-state index contributed by atoms with van der Waals surface area (Å²) in [5.74, 6) is -0.831. The summed E-state index contributed by atoms with van der Waals surface area (Å²) in [5, 5.41) is 31.3. The molecule has 0 spiro atoms. The number of carboxylic acid groups (broad SMARTS) is 2.